The predicted molar refractivity (Wildman–Crippen MR) is 231 cm³/mol. The largest absolute Gasteiger partial charge is 0.507 e. The maximum atomic E-state index is 11.7. The number of pyridine rings is 1. The third-order valence-corrected chi connectivity index (χ3v) is 10.2. The van der Waals surface area contributed by atoms with E-state index in [0.29, 0.717) is 39.2 Å². The van der Waals surface area contributed by atoms with Crippen molar-refractivity contribution in [3.8, 4) is 78.6 Å². The summed E-state index contributed by atoms with van der Waals surface area (Å²) in [4.78, 5) is 10.1. The first-order chi connectivity index (χ1) is 29.7. The third kappa shape index (κ3) is 7.14. The van der Waals surface area contributed by atoms with E-state index in [0.717, 1.165) is 50.2 Å². The fourth-order valence-electron chi connectivity index (χ4n) is 7.53. The molecule has 280 valence electrons. The molecule has 0 unspecified atom stereocenters. The number of hydrogen-bond acceptors (Lipinski definition) is 3. The van der Waals surface area contributed by atoms with E-state index in [1.54, 1.807) is 36.5 Å². The van der Waals surface area contributed by atoms with Gasteiger partial charge in [-0.05, 0) is 108 Å². The molecular formula is C52H40N3OPt-. The van der Waals surface area contributed by atoms with Gasteiger partial charge in [0.1, 0.15) is 11.6 Å². The molecule has 0 aliphatic carbocycles. The molecular weight excluding hydrogens is 878 g/mol. The Morgan fingerprint density at radius 1 is 0.579 bits per heavy atom. The molecule has 0 saturated carbocycles. The minimum atomic E-state index is -2.79. The van der Waals surface area contributed by atoms with E-state index in [-0.39, 0.29) is 43.5 Å². The maximum Gasteiger partial charge on any atom is 0.148 e. The number of rotatable bonds is 7. The summed E-state index contributed by atoms with van der Waals surface area (Å²) < 4.78 is 53.5. The first-order valence-electron chi connectivity index (χ1n) is 21.5. The number of benzene rings is 7. The van der Waals surface area contributed by atoms with E-state index >= 15 is 0 Å². The van der Waals surface area contributed by atoms with Crippen molar-refractivity contribution in [1.82, 2.24) is 14.5 Å². The molecule has 0 spiro atoms. The Hall–Kier alpha value is -6.35. The van der Waals surface area contributed by atoms with Crippen molar-refractivity contribution in [2.24, 2.45) is 0 Å². The second kappa shape index (κ2) is 15.7. The third-order valence-electron chi connectivity index (χ3n) is 10.2. The van der Waals surface area contributed by atoms with Gasteiger partial charge in [0.05, 0.1) is 16.6 Å². The molecule has 57 heavy (non-hydrogen) atoms. The fraction of sp³-hybridized carbons (Fsp3) is 0.0769. The van der Waals surface area contributed by atoms with Crippen LogP contribution in [0.3, 0.4) is 0 Å². The van der Waals surface area contributed by atoms with Gasteiger partial charge in [-0.2, -0.15) is 0 Å². The Morgan fingerprint density at radius 3 is 1.96 bits per heavy atom. The summed E-state index contributed by atoms with van der Waals surface area (Å²) in [6.07, 6.45) is 1.81. The Balaban J connectivity index is 0.00000544. The molecule has 0 radical (unpaired) electrons. The summed E-state index contributed by atoms with van der Waals surface area (Å²) in [6.45, 7) is -1.78. The molecule has 4 nitrogen and oxygen atoms in total. The zero-order valence-electron chi connectivity index (χ0n) is 37.2. The summed E-state index contributed by atoms with van der Waals surface area (Å²) in [5.41, 5.74) is 10.8. The van der Waals surface area contributed by atoms with Gasteiger partial charge in [0.2, 0.25) is 0 Å². The van der Waals surface area contributed by atoms with Crippen LogP contribution in [0.15, 0.2) is 164 Å². The molecule has 9 rings (SSSR count). The molecule has 0 atom stereocenters. The smallest absolute Gasteiger partial charge is 0.148 e. The van der Waals surface area contributed by atoms with Crippen molar-refractivity contribution >= 4 is 11.0 Å². The normalized spacial score (nSPS) is 13.1. The van der Waals surface area contributed by atoms with Crippen LogP contribution in [0.4, 0.5) is 0 Å². The van der Waals surface area contributed by atoms with Crippen LogP contribution in [-0.4, -0.2) is 19.6 Å². The van der Waals surface area contributed by atoms with Crippen molar-refractivity contribution in [3.63, 3.8) is 0 Å². The van der Waals surface area contributed by atoms with Crippen LogP contribution in [0.2, 0.25) is 0 Å². The first kappa shape index (κ1) is 30.8. The van der Waals surface area contributed by atoms with Gasteiger partial charge >= 0.3 is 0 Å². The minimum absolute atomic E-state index is 0. The van der Waals surface area contributed by atoms with Crippen molar-refractivity contribution < 1.29 is 34.4 Å². The van der Waals surface area contributed by atoms with Crippen LogP contribution in [0.5, 0.6) is 5.75 Å². The van der Waals surface area contributed by atoms with Crippen LogP contribution < -0.4 is 0 Å². The zero-order chi connectivity index (χ0) is 43.3. The molecule has 0 amide bonds. The van der Waals surface area contributed by atoms with E-state index in [1.807, 2.05) is 97.3 Å². The van der Waals surface area contributed by atoms with Crippen LogP contribution >= 0.6 is 0 Å². The van der Waals surface area contributed by atoms with Crippen LogP contribution in [-0.2, 0) is 21.1 Å². The van der Waals surface area contributed by atoms with Gasteiger partial charge < -0.3 is 5.11 Å². The Kier molecular flexibility index (Phi) is 8.46. The number of hydrogen-bond donors (Lipinski definition) is 1. The molecule has 9 aromatic rings. The molecule has 0 aliphatic rings. The molecule has 2 aromatic heterocycles. The summed E-state index contributed by atoms with van der Waals surface area (Å²) in [7, 11) is 0. The number of imidazole rings is 1. The van der Waals surface area contributed by atoms with Gasteiger partial charge in [0, 0.05) is 46.9 Å². The number of aryl methyl sites for hydroxylation is 3. The summed E-state index contributed by atoms with van der Waals surface area (Å²) in [6, 6.07) is 53.8. The maximum absolute atomic E-state index is 11.7. The average molecular weight is 924 g/mol. The number of aromatic nitrogens is 3. The molecule has 2 heterocycles. The number of phenols is 1. The number of aromatic hydroxyl groups is 1. The Bertz CT molecular complexity index is 3130. The Morgan fingerprint density at radius 2 is 1.26 bits per heavy atom. The van der Waals surface area contributed by atoms with Crippen LogP contribution in [0, 0.1) is 33.6 Å². The monoisotopic (exact) mass is 923 g/mol. The molecule has 0 saturated heterocycles. The standard InChI is InChI=1S/C52H40N3O.Pt/c1-33-25-35(3)51(56)47(26-33)52-54-50-45(21-14-22-49(50)55(52)44-27-34(2)36(4)46(32-44)39-19-12-7-13-20-39)42-28-41(38-17-10-6-11-18-38)29-43(30-42)48-31-40(23-24-53-48)37-15-8-5-9-16-37;/h5-29,31-32,56H,1-4H3;/q-1;/i2D3,4D3;. The zero-order valence-corrected chi connectivity index (χ0v) is 33.5. The van der Waals surface area contributed by atoms with Crippen LogP contribution in [0.1, 0.15) is 30.5 Å². The van der Waals surface area contributed by atoms with E-state index in [4.69, 9.17) is 18.2 Å². The van der Waals surface area contributed by atoms with E-state index in [1.165, 1.54) is 6.07 Å². The van der Waals surface area contributed by atoms with Crippen molar-refractivity contribution in [2.75, 3.05) is 0 Å². The second-order valence-corrected chi connectivity index (χ2v) is 14.1. The SMILES string of the molecule is [2H]C([2H])([2H])c1cc(-n2c(-c3cc(C)cc(C)c3O)nc3c(-c4[c-]c(-c5cc(-c6ccccc6)ccn5)cc(-c5ccccc5)c4)cccc32)cc(-c2ccccc2)c1C([2H])([2H])[2H].[Pt]. The first-order valence-corrected chi connectivity index (χ1v) is 18.5. The quantitative estimate of drug-likeness (QED) is 0.162. The van der Waals surface area contributed by atoms with E-state index in [9.17, 15) is 5.11 Å². The number of para-hydroxylation sites is 1. The minimum Gasteiger partial charge on any atom is -0.507 e. The molecule has 0 bridgehead atoms. The topological polar surface area (TPSA) is 50.9 Å². The van der Waals surface area contributed by atoms with Gasteiger partial charge in [0.15, 0.2) is 0 Å². The summed E-state index contributed by atoms with van der Waals surface area (Å²) in [5, 5.41) is 11.7. The number of phenolic OH excluding ortho intramolecular Hbond substituents is 1. The molecule has 5 heteroatoms. The molecule has 0 fully saturated rings. The van der Waals surface area contributed by atoms with Gasteiger partial charge in [-0.25, -0.2) is 4.98 Å². The van der Waals surface area contributed by atoms with Crippen molar-refractivity contribution in [2.45, 2.75) is 27.6 Å². The molecule has 7 aromatic carbocycles. The second-order valence-electron chi connectivity index (χ2n) is 14.1. The molecule has 1 N–H and O–H groups in total. The van der Waals surface area contributed by atoms with Gasteiger partial charge in [0.25, 0.3) is 0 Å². The summed E-state index contributed by atoms with van der Waals surface area (Å²) >= 11 is 0. The van der Waals surface area contributed by atoms with Crippen molar-refractivity contribution in [3.05, 3.63) is 192 Å². The fourth-order valence-corrected chi connectivity index (χ4v) is 7.53. The van der Waals surface area contributed by atoms with Crippen molar-refractivity contribution in [1.29, 1.82) is 0 Å². The van der Waals surface area contributed by atoms with E-state index < -0.39 is 13.7 Å². The predicted octanol–water partition coefficient (Wildman–Crippen LogP) is 13.2. The van der Waals surface area contributed by atoms with Gasteiger partial charge in [-0.15, -0.1) is 23.8 Å². The average Bonchev–Trinajstić information content (AvgIpc) is 3.67. The van der Waals surface area contributed by atoms with Crippen LogP contribution in [0.25, 0.3) is 83.9 Å². The number of nitrogens with zero attached hydrogens (tertiary/aromatic N) is 3. The van der Waals surface area contributed by atoms with Gasteiger partial charge in [-0.1, -0.05) is 132 Å². The van der Waals surface area contributed by atoms with E-state index in [2.05, 4.69) is 48.5 Å². The van der Waals surface area contributed by atoms with Gasteiger partial charge in [-0.3, -0.25) is 9.55 Å². The summed E-state index contributed by atoms with van der Waals surface area (Å²) in [5.74, 6) is 0.377. The Labute approximate surface area is 356 Å². The molecule has 0 aliphatic heterocycles. The number of fused-ring (bicyclic) bond motifs is 1.